The van der Waals surface area contributed by atoms with Crippen LogP contribution in [0.3, 0.4) is 0 Å². The van der Waals surface area contributed by atoms with Gasteiger partial charge in [0, 0.05) is 11.1 Å². The first-order valence-electron chi connectivity index (χ1n) is 8.39. The normalized spacial score (nSPS) is 10.5. The molecule has 5 heteroatoms. The second kappa shape index (κ2) is 8.94. The summed E-state index contributed by atoms with van der Waals surface area (Å²) in [5, 5.41) is 0. The molecule has 136 valence electrons. The average Bonchev–Trinajstić information content (AvgIpc) is 2.64. The van der Waals surface area contributed by atoms with E-state index in [1.807, 2.05) is 12.1 Å². The van der Waals surface area contributed by atoms with Crippen LogP contribution >= 0.6 is 0 Å². The molecule has 0 saturated heterocycles. The Balaban J connectivity index is 1.78. The molecule has 0 saturated carbocycles. The van der Waals surface area contributed by atoms with E-state index in [4.69, 9.17) is 9.47 Å². The van der Waals surface area contributed by atoms with E-state index in [-0.39, 0.29) is 24.8 Å². The Morgan fingerprint density at radius 2 is 1.42 bits per heavy atom. The highest BCUT2D eigenvalue weighted by molar-refractivity contribution is 5.98. The SMILES string of the molecule is CC(=O)c1ccc(OCC(=O)OCC(=O)c2ccc(C(C)C)cc2)cc1. The minimum absolute atomic E-state index is 0.0455. The van der Waals surface area contributed by atoms with E-state index >= 15 is 0 Å². The molecule has 0 aliphatic heterocycles. The van der Waals surface area contributed by atoms with Gasteiger partial charge >= 0.3 is 5.97 Å². The zero-order valence-corrected chi connectivity index (χ0v) is 15.2. The summed E-state index contributed by atoms with van der Waals surface area (Å²) in [5.74, 6) is -0.107. The van der Waals surface area contributed by atoms with Crippen molar-refractivity contribution in [2.24, 2.45) is 0 Å². The second-order valence-corrected chi connectivity index (χ2v) is 6.23. The topological polar surface area (TPSA) is 69.7 Å². The lowest BCUT2D eigenvalue weighted by Gasteiger charge is -2.08. The third-order valence-corrected chi connectivity index (χ3v) is 3.88. The maximum atomic E-state index is 12.1. The molecular formula is C21H22O5. The van der Waals surface area contributed by atoms with Crippen molar-refractivity contribution in [2.75, 3.05) is 13.2 Å². The molecular weight excluding hydrogens is 332 g/mol. The molecule has 26 heavy (non-hydrogen) atoms. The maximum absolute atomic E-state index is 12.1. The van der Waals surface area contributed by atoms with Crippen molar-refractivity contribution in [1.82, 2.24) is 0 Å². The van der Waals surface area contributed by atoms with Gasteiger partial charge in [-0.2, -0.15) is 0 Å². The van der Waals surface area contributed by atoms with Crippen molar-refractivity contribution in [1.29, 1.82) is 0 Å². The summed E-state index contributed by atoms with van der Waals surface area (Å²) in [6, 6.07) is 13.7. The van der Waals surface area contributed by atoms with E-state index in [1.165, 1.54) is 6.92 Å². The maximum Gasteiger partial charge on any atom is 0.344 e. The fourth-order valence-electron chi connectivity index (χ4n) is 2.25. The van der Waals surface area contributed by atoms with Crippen LogP contribution in [0.2, 0.25) is 0 Å². The number of hydrogen-bond donors (Lipinski definition) is 0. The Hall–Kier alpha value is -2.95. The van der Waals surface area contributed by atoms with E-state index in [0.29, 0.717) is 22.8 Å². The molecule has 0 aliphatic carbocycles. The monoisotopic (exact) mass is 354 g/mol. The van der Waals surface area contributed by atoms with Gasteiger partial charge in [-0.05, 0) is 42.7 Å². The van der Waals surface area contributed by atoms with Crippen LogP contribution in [0.4, 0.5) is 0 Å². The van der Waals surface area contributed by atoms with E-state index in [2.05, 4.69) is 13.8 Å². The van der Waals surface area contributed by atoms with Gasteiger partial charge in [0.05, 0.1) is 0 Å². The van der Waals surface area contributed by atoms with E-state index in [9.17, 15) is 14.4 Å². The second-order valence-electron chi connectivity index (χ2n) is 6.23. The summed E-state index contributed by atoms with van der Waals surface area (Å²) >= 11 is 0. The third kappa shape index (κ3) is 5.55. The van der Waals surface area contributed by atoms with Gasteiger partial charge in [-0.1, -0.05) is 38.1 Å². The van der Waals surface area contributed by atoms with E-state index in [0.717, 1.165) is 5.56 Å². The molecule has 0 amide bonds. The van der Waals surface area contributed by atoms with Gasteiger partial charge in [-0.15, -0.1) is 0 Å². The molecule has 0 radical (unpaired) electrons. The van der Waals surface area contributed by atoms with Crippen molar-refractivity contribution in [2.45, 2.75) is 26.7 Å². The van der Waals surface area contributed by atoms with Gasteiger partial charge in [-0.25, -0.2) is 4.79 Å². The number of esters is 1. The van der Waals surface area contributed by atoms with Crippen LogP contribution in [-0.2, 0) is 9.53 Å². The molecule has 2 rings (SSSR count). The van der Waals surface area contributed by atoms with Crippen LogP contribution < -0.4 is 4.74 Å². The predicted octanol–water partition coefficient (Wildman–Crippen LogP) is 3.82. The lowest BCUT2D eigenvalue weighted by atomic mass is 10.0. The molecule has 0 atom stereocenters. The number of hydrogen-bond acceptors (Lipinski definition) is 5. The fourth-order valence-corrected chi connectivity index (χ4v) is 2.25. The van der Waals surface area contributed by atoms with E-state index in [1.54, 1.807) is 36.4 Å². The van der Waals surface area contributed by atoms with Crippen LogP contribution in [0.5, 0.6) is 5.75 Å². The number of Topliss-reactive ketones (excluding diaryl/α,β-unsaturated/α-hetero) is 2. The first-order chi connectivity index (χ1) is 12.4. The minimum atomic E-state index is -0.632. The molecule has 0 aromatic heterocycles. The lowest BCUT2D eigenvalue weighted by molar-refractivity contribution is -0.144. The first-order valence-corrected chi connectivity index (χ1v) is 8.39. The molecule has 0 heterocycles. The highest BCUT2D eigenvalue weighted by atomic mass is 16.6. The number of benzene rings is 2. The molecule has 0 unspecified atom stereocenters. The van der Waals surface area contributed by atoms with Crippen LogP contribution in [0.1, 0.15) is 53.0 Å². The molecule has 0 aliphatic rings. The molecule has 2 aromatic carbocycles. The summed E-state index contributed by atoms with van der Waals surface area (Å²) in [4.78, 5) is 35.0. The molecule has 5 nitrogen and oxygen atoms in total. The number of rotatable bonds is 8. The highest BCUT2D eigenvalue weighted by Crippen LogP contribution is 2.15. The zero-order valence-electron chi connectivity index (χ0n) is 15.2. The Morgan fingerprint density at radius 3 is 1.96 bits per heavy atom. The summed E-state index contributed by atoms with van der Waals surface area (Å²) in [6.45, 7) is 4.99. The Bertz CT molecular complexity index is 773. The van der Waals surface area contributed by atoms with Crippen molar-refractivity contribution < 1.29 is 23.9 Å². The Labute approximate surface area is 152 Å². The summed E-state index contributed by atoms with van der Waals surface area (Å²) in [7, 11) is 0. The van der Waals surface area contributed by atoms with Crippen LogP contribution in [-0.4, -0.2) is 30.7 Å². The Kier molecular flexibility index (Phi) is 6.67. The Morgan fingerprint density at radius 1 is 0.846 bits per heavy atom. The molecule has 0 bridgehead atoms. The van der Waals surface area contributed by atoms with Crippen LogP contribution in [0.15, 0.2) is 48.5 Å². The summed E-state index contributed by atoms with van der Waals surface area (Å²) in [5.41, 5.74) is 2.21. The van der Waals surface area contributed by atoms with Gasteiger partial charge in [-0.3, -0.25) is 9.59 Å². The van der Waals surface area contributed by atoms with Gasteiger partial charge in [0.15, 0.2) is 24.8 Å². The van der Waals surface area contributed by atoms with Gasteiger partial charge in [0.25, 0.3) is 0 Å². The van der Waals surface area contributed by atoms with Crippen molar-refractivity contribution in [3.63, 3.8) is 0 Å². The first kappa shape index (κ1) is 19.4. The quantitative estimate of drug-likeness (QED) is 0.532. The zero-order chi connectivity index (χ0) is 19.1. The van der Waals surface area contributed by atoms with E-state index < -0.39 is 5.97 Å². The summed E-state index contributed by atoms with van der Waals surface area (Å²) < 4.78 is 10.2. The lowest BCUT2D eigenvalue weighted by Crippen LogP contribution is -2.19. The van der Waals surface area contributed by atoms with Crippen LogP contribution in [0.25, 0.3) is 0 Å². The van der Waals surface area contributed by atoms with Gasteiger partial charge < -0.3 is 9.47 Å². The smallest absolute Gasteiger partial charge is 0.344 e. The van der Waals surface area contributed by atoms with Crippen LogP contribution in [0, 0.1) is 0 Å². The van der Waals surface area contributed by atoms with Gasteiger partial charge in [0.1, 0.15) is 5.75 Å². The molecule has 0 fully saturated rings. The largest absolute Gasteiger partial charge is 0.482 e. The van der Waals surface area contributed by atoms with Gasteiger partial charge in [0.2, 0.25) is 0 Å². The number of carbonyl (C=O) groups is 3. The predicted molar refractivity (Wildman–Crippen MR) is 97.8 cm³/mol. The summed E-state index contributed by atoms with van der Waals surface area (Å²) in [6.07, 6.45) is 0. The van der Waals surface area contributed by atoms with Crippen molar-refractivity contribution >= 4 is 17.5 Å². The standard InChI is InChI=1S/C21H22O5/c1-14(2)16-4-6-18(7-5-16)20(23)12-26-21(24)13-25-19-10-8-17(9-11-19)15(3)22/h4-11,14H,12-13H2,1-3H3. The highest BCUT2D eigenvalue weighted by Gasteiger charge is 2.11. The minimum Gasteiger partial charge on any atom is -0.482 e. The number of ether oxygens (including phenoxy) is 2. The van der Waals surface area contributed by atoms with Crippen molar-refractivity contribution in [3.8, 4) is 5.75 Å². The fraction of sp³-hybridized carbons (Fsp3) is 0.286. The number of carbonyl (C=O) groups excluding carboxylic acids is 3. The average molecular weight is 354 g/mol. The molecule has 2 aromatic rings. The van der Waals surface area contributed by atoms with Crippen molar-refractivity contribution in [3.05, 3.63) is 65.2 Å². The molecule has 0 N–H and O–H groups in total. The molecule has 0 spiro atoms. The number of ketones is 2. The third-order valence-electron chi connectivity index (χ3n) is 3.88.